The summed E-state index contributed by atoms with van der Waals surface area (Å²) in [6, 6.07) is -0.143. The number of imide groups is 1. The van der Waals surface area contributed by atoms with Crippen LogP contribution in [0.1, 0.15) is 72.6 Å². The fourth-order valence-electron chi connectivity index (χ4n) is 5.30. The summed E-state index contributed by atoms with van der Waals surface area (Å²) in [4.78, 5) is 41.7. The number of nitrogens with zero attached hydrogens (tertiary/aromatic N) is 2. The van der Waals surface area contributed by atoms with Crippen LogP contribution in [0.4, 0.5) is 4.79 Å². The lowest BCUT2D eigenvalue weighted by atomic mass is 9.75. The van der Waals surface area contributed by atoms with Crippen molar-refractivity contribution in [2.45, 2.75) is 84.2 Å². The van der Waals surface area contributed by atoms with Gasteiger partial charge >= 0.3 is 6.03 Å². The average molecular weight is 421 g/mol. The number of hydrogen-bond donors (Lipinski definition) is 2. The van der Waals surface area contributed by atoms with Gasteiger partial charge in [0.25, 0.3) is 5.91 Å². The molecule has 3 fully saturated rings. The summed E-state index contributed by atoms with van der Waals surface area (Å²) in [5, 5.41) is 5.90. The zero-order valence-electron chi connectivity index (χ0n) is 19.2. The molecule has 1 atom stereocenters. The van der Waals surface area contributed by atoms with Crippen molar-refractivity contribution in [1.82, 2.24) is 20.4 Å². The normalized spacial score (nSPS) is 29.5. The SMILES string of the molecule is CCC1CCC2(CC1)NC(=O)N(CC(=O)NCC(C(C)C)N1CCC(C)CC1)C2=O. The maximum atomic E-state index is 13.0. The second kappa shape index (κ2) is 9.67. The third kappa shape index (κ3) is 4.98. The second-order valence-electron chi connectivity index (χ2n) is 10.1. The molecule has 3 rings (SSSR count). The molecule has 4 amide bonds. The largest absolute Gasteiger partial charge is 0.353 e. The third-order valence-electron chi connectivity index (χ3n) is 7.65. The molecule has 2 aliphatic heterocycles. The summed E-state index contributed by atoms with van der Waals surface area (Å²) in [6.07, 6.45) is 6.76. The second-order valence-corrected chi connectivity index (χ2v) is 10.1. The first-order valence-corrected chi connectivity index (χ1v) is 11.9. The van der Waals surface area contributed by atoms with Gasteiger partial charge in [0.2, 0.25) is 5.91 Å². The molecular formula is C23H40N4O3. The van der Waals surface area contributed by atoms with Gasteiger partial charge in [0.15, 0.2) is 0 Å². The average Bonchev–Trinajstić information content (AvgIpc) is 2.94. The lowest BCUT2D eigenvalue weighted by molar-refractivity contribution is -0.136. The summed E-state index contributed by atoms with van der Waals surface area (Å²) < 4.78 is 0. The predicted octanol–water partition coefficient (Wildman–Crippen LogP) is 2.75. The van der Waals surface area contributed by atoms with E-state index in [-0.39, 0.29) is 24.4 Å². The summed E-state index contributed by atoms with van der Waals surface area (Å²) in [5.41, 5.74) is -0.784. The maximum Gasteiger partial charge on any atom is 0.325 e. The molecule has 2 saturated heterocycles. The van der Waals surface area contributed by atoms with Crippen molar-refractivity contribution in [3.8, 4) is 0 Å². The van der Waals surface area contributed by atoms with Crippen LogP contribution in [0.3, 0.4) is 0 Å². The Morgan fingerprint density at radius 3 is 2.37 bits per heavy atom. The van der Waals surface area contributed by atoms with Gasteiger partial charge in [-0.15, -0.1) is 0 Å². The van der Waals surface area contributed by atoms with Gasteiger partial charge in [0, 0.05) is 12.6 Å². The fourth-order valence-corrected chi connectivity index (χ4v) is 5.30. The Bertz CT molecular complexity index is 634. The first kappa shape index (κ1) is 23.0. The Balaban J connectivity index is 1.52. The number of carbonyl (C=O) groups is 3. The van der Waals surface area contributed by atoms with E-state index in [9.17, 15) is 14.4 Å². The first-order valence-electron chi connectivity index (χ1n) is 11.9. The van der Waals surface area contributed by atoms with Crippen molar-refractivity contribution in [3.63, 3.8) is 0 Å². The van der Waals surface area contributed by atoms with Crippen LogP contribution >= 0.6 is 0 Å². The highest BCUT2D eigenvalue weighted by Gasteiger charge is 2.52. The van der Waals surface area contributed by atoms with Gasteiger partial charge in [-0.05, 0) is 69.4 Å². The van der Waals surface area contributed by atoms with E-state index in [1.54, 1.807) is 0 Å². The highest BCUT2D eigenvalue weighted by atomic mass is 16.2. The number of piperidine rings is 1. The molecule has 2 heterocycles. The van der Waals surface area contributed by atoms with Gasteiger partial charge in [-0.3, -0.25) is 19.4 Å². The monoisotopic (exact) mass is 420 g/mol. The molecular weight excluding hydrogens is 380 g/mol. The number of hydrogen-bond acceptors (Lipinski definition) is 4. The van der Waals surface area contributed by atoms with Crippen molar-refractivity contribution >= 4 is 17.8 Å². The van der Waals surface area contributed by atoms with Crippen LogP contribution in [-0.2, 0) is 9.59 Å². The first-order chi connectivity index (χ1) is 14.3. The standard InChI is InChI=1S/C23H40N4O3/c1-5-18-6-10-23(11-7-18)21(29)27(22(30)25-23)15-20(28)24-14-19(16(2)3)26-12-8-17(4)9-13-26/h16-19H,5-15H2,1-4H3,(H,24,28)(H,25,30). The Morgan fingerprint density at radius 1 is 1.17 bits per heavy atom. The molecule has 1 spiro atoms. The van der Waals surface area contributed by atoms with Crippen LogP contribution in [0.2, 0.25) is 0 Å². The molecule has 3 aliphatic rings. The Morgan fingerprint density at radius 2 is 1.80 bits per heavy atom. The van der Waals surface area contributed by atoms with Gasteiger partial charge < -0.3 is 10.6 Å². The molecule has 0 bridgehead atoms. The number of urea groups is 1. The minimum Gasteiger partial charge on any atom is -0.353 e. The van der Waals surface area contributed by atoms with E-state index in [1.807, 2.05) is 0 Å². The van der Waals surface area contributed by atoms with E-state index < -0.39 is 11.6 Å². The molecule has 1 saturated carbocycles. The smallest absolute Gasteiger partial charge is 0.325 e. The molecule has 0 aromatic heterocycles. The molecule has 170 valence electrons. The van der Waals surface area contributed by atoms with E-state index >= 15 is 0 Å². The zero-order chi connectivity index (χ0) is 21.9. The Kier molecular flexibility index (Phi) is 7.43. The molecule has 2 N–H and O–H groups in total. The topological polar surface area (TPSA) is 81.8 Å². The number of carbonyl (C=O) groups excluding carboxylic acids is 3. The quantitative estimate of drug-likeness (QED) is 0.621. The van der Waals surface area contributed by atoms with Crippen molar-refractivity contribution in [1.29, 1.82) is 0 Å². The van der Waals surface area contributed by atoms with Crippen molar-refractivity contribution in [2.24, 2.45) is 17.8 Å². The van der Waals surface area contributed by atoms with Gasteiger partial charge in [-0.25, -0.2) is 4.79 Å². The lowest BCUT2D eigenvalue weighted by Crippen LogP contribution is -2.52. The number of likely N-dealkylation sites (tertiary alicyclic amines) is 1. The van der Waals surface area contributed by atoms with Crippen LogP contribution in [0.5, 0.6) is 0 Å². The minimum absolute atomic E-state index is 0.189. The Labute approximate surface area is 181 Å². The van der Waals surface area contributed by atoms with Crippen LogP contribution in [0.25, 0.3) is 0 Å². The fraction of sp³-hybridized carbons (Fsp3) is 0.870. The molecule has 0 radical (unpaired) electrons. The van der Waals surface area contributed by atoms with Gasteiger partial charge in [0.05, 0.1) is 0 Å². The van der Waals surface area contributed by atoms with E-state index in [1.165, 1.54) is 12.8 Å². The molecule has 30 heavy (non-hydrogen) atoms. The van der Waals surface area contributed by atoms with Crippen LogP contribution in [-0.4, -0.2) is 65.4 Å². The van der Waals surface area contributed by atoms with Crippen LogP contribution in [0, 0.1) is 17.8 Å². The highest BCUT2D eigenvalue weighted by molar-refractivity contribution is 6.09. The van der Waals surface area contributed by atoms with E-state index in [0.717, 1.165) is 43.2 Å². The molecule has 0 aromatic carbocycles. The molecule has 7 heteroatoms. The van der Waals surface area contributed by atoms with E-state index in [4.69, 9.17) is 0 Å². The summed E-state index contributed by atoms with van der Waals surface area (Å²) >= 11 is 0. The third-order valence-corrected chi connectivity index (χ3v) is 7.65. The van der Waals surface area contributed by atoms with Gasteiger partial charge in [0.1, 0.15) is 12.1 Å². The van der Waals surface area contributed by atoms with Gasteiger partial charge in [-0.1, -0.05) is 34.1 Å². The maximum absolute atomic E-state index is 13.0. The van der Waals surface area contributed by atoms with Crippen molar-refractivity contribution < 1.29 is 14.4 Å². The lowest BCUT2D eigenvalue weighted by Gasteiger charge is -2.39. The molecule has 0 aromatic rings. The zero-order valence-corrected chi connectivity index (χ0v) is 19.2. The summed E-state index contributed by atoms with van der Waals surface area (Å²) in [6.45, 7) is 11.3. The number of amides is 4. The van der Waals surface area contributed by atoms with Crippen LogP contribution < -0.4 is 10.6 Å². The molecule has 1 aliphatic carbocycles. The minimum atomic E-state index is -0.784. The number of rotatable bonds is 7. The van der Waals surface area contributed by atoms with E-state index in [2.05, 4.69) is 43.2 Å². The van der Waals surface area contributed by atoms with E-state index in [0.29, 0.717) is 31.2 Å². The predicted molar refractivity (Wildman–Crippen MR) is 117 cm³/mol. The Hall–Kier alpha value is -1.63. The summed E-state index contributed by atoms with van der Waals surface area (Å²) in [7, 11) is 0. The molecule has 1 unspecified atom stereocenters. The highest BCUT2D eigenvalue weighted by Crippen LogP contribution is 2.37. The van der Waals surface area contributed by atoms with Crippen LogP contribution in [0.15, 0.2) is 0 Å². The molecule has 7 nitrogen and oxygen atoms in total. The van der Waals surface area contributed by atoms with Gasteiger partial charge in [-0.2, -0.15) is 0 Å². The summed E-state index contributed by atoms with van der Waals surface area (Å²) in [5.74, 6) is 1.34. The number of nitrogens with one attached hydrogen (secondary N) is 2. The van der Waals surface area contributed by atoms with Crippen molar-refractivity contribution in [3.05, 3.63) is 0 Å². The van der Waals surface area contributed by atoms with Crippen molar-refractivity contribution in [2.75, 3.05) is 26.2 Å².